The van der Waals surface area contributed by atoms with Crippen LogP contribution in [0.4, 0.5) is 5.95 Å². The predicted octanol–water partition coefficient (Wildman–Crippen LogP) is 2.00. The average Bonchev–Trinajstić information content (AvgIpc) is 3.47. The van der Waals surface area contributed by atoms with E-state index in [1.807, 2.05) is 18.2 Å². The van der Waals surface area contributed by atoms with E-state index in [1.54, 1.807) is 18.7 Å². The monoisotopic (exact) mass is 398 g/mol. The summed E-state index contributed by atoms with van der Waals surface area (Å²) >= 11 is 0. The SMILES string of the molecule is c1cnc(N2CCC(NC(=NCC3CCCO3)NCCc3ccco3)CC2)nc1. The summed E-state index contributed by atoms with van der Waals surface area (Å²) in [6.45, 7) is 4.21. The van der Waals surface area contributed by atoms with Crippen molar-refractivity contribution in [1.29, 1.82) is 0 Å². The topological polar surface area (TPSA) is 87.8 Å². The molecule has 0 aromatic carbocycles. The van der Waals surface area contributed by atoms with Gasteiger partial charge in [0.05, 0.1) is 18.9 Å². The normalized spacial score (nSPS) is 20.8. The van der Waals surface area contributed by atoms with E-state index in [2.05, 4.69) is 25.5 Å². The number of anilines is 1. The number of nitrogens with one attached hydrogen (secondary N) is 2. The Morgan fingerprint density at radius 2 is 2.03 bits per heavy atom. The molecule has 2 fully saturated rings. The zero-order chi connectivity index (χ0) is 19.7. The zero-order valence-corrected chi connectivity index (χ0v) is 16.8. The van der Waals surface area contributed by atoms with Crippen LogP contribution in [0.15, 0.2) is 46.3 Å². The second-order valence-corrected chi connectivity index (χ2v) is 7.53. The first-order valence-electron chi connectivity index (χ1n) is 10.6. The number of aromatic nitrogens is 2. The average molecular weight is 399 g/mol. The van der Waals surface area contributed by atoms with E-state index in [0.717, 1.165) is 76.0 Å². The minimum Gasteiger partial charge on any atom is -0.469 e. The molecule has 8 heteroatoms. The molecule has 2 N–H and O–H groups in total. The lowest BCUT2D eigenvalue weighted by molar-refractivity contribution is 0.117. The van der Waals surface area contributed by atoms with Crippen molar-refractivity contribution in [2.24, 2.45) is 4.99 Å². The maximum Gasteiger partial charge on any atom is 0.225 e. The summed E-state index contributed by atoms with van der Waals surface area (Å²) in [7, 11) is 0. The van der Waals surface area contributed by atoms with Crippen LogP contribution in [0, 0.1) is 0 Å². The summed E-state index contributed by atoms with van der Waals surface area (Å²) in [6, 6.07) is 6.15. The van der Waals surface area contributed by atoms with Crippen LogP contribution >= 0.6 is 0 Å². The van der Waals surface area contributed by atoms with Gasteiger partial charge >= 0.3 is 0 Å². The fourth-order valence-corrected chi connectivity index (χ4v) is 3.76. The fourth-order valence-electron chi connectivity index (χ4n) is 3.76. The van der Waals surface area contributed by atoms with Gasteiger partial charge in [-0.15, -0.1) is 0 Å². The van der Waals surface area contributed by atoms with Gasteiger partial charge in [0.15, 0.2) is 5.96 Å². The van der Waals surface area contributed by atoms with Crippen molar-refractivity contribution in [3.05, 3.63) is 42.6 Å². The second kappa shape index (κ2) is 10.2. The van der Waals surface area contributed by atoms with Gasteiger partial charge in [-0.05, 0) is 43.9 Å². The predicted molar refractivity (Wildman–Crippen MR) is 112 cm³/mol. The highest BCUT2D eigenvalue weighted by molar-refractivity contribution is 5.80. The molecule has 1 atom stereocenters. The third-order valence-corrected chi connectivity index (χ3v) is 5.39. The first kappa shape index (κ1) is 19.7. The molecule has 2 aromatic rings. The van der Waals surface area contributed by atoms with Crippen LogP contribution in [0.1, 0.15) is 31.4 Å². The zero-order valence-electron chi connectivity index (χ0n) is 16.8. The molecule has 0 amide bonds. The third-order valence-electron chi connectivity index (χ3n) is 5.39. The van der Waals surface area contributed by atoms with Crippen LogP contribution in [0.5, 0.6) is 0 Å². The molecule has 0 bridgehead atoms. The number of ether oxygens (including phenoxy) is 1. The van der Waals surface area contributed by atoms with Gasteiger partial charge in [-0.1, -0.05) is 0 Å². The standard InChI is InChI=1S/C21H30N6O2/c1-4-18(28-14-1)6-11-22-20(25-16-19-5-2-15-29-19)26-17-7-12-27(13-8-17)21-23-9-3-10-24-21/h1,3-4,9-10,14,17,19H,2,5-8,11-13,15-16H2,(H2,22,25,26). The van der Waals surface area contributed by atoms with Gasteiger partial charge < -0.3 is 24.7 Å². The lowest BCUT2D eigenvalue weighted by Gasteiger charge is -2.33. The van der Waals surface area contributed by atoms with Gasteiger partial charge in [0, 0.05) is 51.1 Å². The second-order valence-electron chi connectivity index (χ2n) is 7.53. The molecule has 156 valence electrons. The Bertz CT molecular complexity index is 738. The lowest BCUT2D eigenvalue weighted by Crippen LogP contribution is -2.49. The van der Waals surface area contributed by atoms with Gasteiger partial charge in [0.1, 0.15) is 5.76 Å². The van der Waals surface area contributed by atoms with Crippen molar-refractivity contribution >= 4 is 11.9 Å². The Labute approximate surface area is 171 Å². The quantitative estimate of drug-likeness (QED) is 0.545. The first-order valence-corrected chi connectivity index (χ1v) is 10.6. The number of rotatable bonds is 7. The van der Waals surface area contributed by atoms with Crippen LogP contribution in [0.25, 0.3) is 0 Å². The minimum absolute atomic E-state index is 0.246. The number of furan rings is 1. The first-order chi connectivity index (χ1) is 14.4. The van der Waals surface area contributed by atoms with Crippen molar-refractivity contribution in [3.8, 4) is 0 Å². The third kappa shape index (κ3) is 5.93. The molecule has 4 heterocycles. The van der Waals surface area contributed by atoms with Crippen LogP contribution < -0.4 is 15.5 Å². The van der Waals surface area contributed by atoms with E-state index in [0.29, 0.717) is 12.6 Å². The number of hydrogen-bond donors (Lipinski definition) is 2. The highest BCUT2D eigenvalue weighted by Gasteiger charge is 2.22. The number of guanidine groups is 1. The summed E-state index contributed by atoms with van der Waals surface area (Å²) in [4.78, 5) is 15.8. The van der Waals surface area contributed by atoms with Gasteiger partial charge in [0.2, 0.25) is 5.95 Å². The molecule has 1 unspecified atom stereocenters. The Morgan fingerprint density at radius 1 is 1.17 bits per heavy atom. The van der Waals surface area contributed by atoms with Crippen LogP contribution in [-0.4, -0.2) is 60.9 Å². The largest absolute Gasteiger partial charge is 0.469 e. The van der Waals surface area contributed by atoms with Crippen molar-refractivity contribution in [3.63, 3.8) is 0 Å². The van der Waals surface area contributed by atoms with Gasteiger partial charge in [0.25, 0.3) is 0 Å². The Balaban J connectivity index is 1.28. The van der Waals surface area contributed by atoms with E-state index in [-0.39, 0.29) is 6.10 Å². The molecule has 2 saturated heterocycles. The highest BCUT2D eigenvalue weighted by atomic mass is 16.5. The van der Waals surface area contributed by atoms with Crippen molar-refractivity contribution in [2.75, 3.05) is 37.7 Å². The minimum atomic E-state index is 0.246. The molecule has 2 aromatic heterocycles. The number of nitrogens with zero attached hydrogens (tertiary/aromatic N) is 4. The van der Waals surface area contributed by atoms with Gasteiger partial charge in [-0.25, -0.2) is 9.97 Å². The van der Waals surface area contributed by atoms with E-state index in [1.165, 1.54) is 0 Å². The molecular weight excluding hydrogens is 368 g/mol. The summed E-state index contributed by atoms with van der Waals surface area (Å²) in [5.41, 5.74) is 0. The molecule has 2 aliphatic heterocycles. The van der Waals surface area contributed by atoms with Crippen LogP contribution in [-0.2, 0) is 11.2 Å². The Kier molecular flexibility index (Phi) is 6.96. The summed E-state index contributed by atoms with van der Waals surface area (Å²) < 4.78 is 11.1. The molecule has 2 aliphatic rings. The highest BCUT2D eigenvalue weighted by Crippen LogP contribution is 2.15. The summed E-state index contributed by atoms with van der Waals surface area (Å²) in [5.74, 6) is 2.66. The van der Waals surface area contributed by atoms with E-state index >= 15 is 0 Å². The maximum absolute atomic E-state index is 5.72. The molecule has 4 rings (SSSR count). The molecule has 8 nitrogen and oxygen atoms in total. The molecule has 29 heavy (non-hydrogen) atoms. The molecule has 0 radical (unpaired) electrons. The molecule has 0 saturated carbocycles. The van der Waals surface area contributed by atoms with E-state index < -0.39 is 0 Å². The number of aliphatic imine (C=N–C) groups is 1. The molecule has 0 aliphatic carbocycles. The maximum atomic E-state index is 5.72. The van der Waals surface area contributed by atoms with Crippen molar-refractivity contribution in [2.45, 2.75) is 44.2 Å². The number of piperidine rings is 1. The van der Waals surface area contributed by atoms with Crippen LogP contribution in [0.3, 0.4) is 0 Å². The van der Waals surface area contributed by atoms with Crippen LogP contribution in [0.2, 0.25) is 0 Å². The van der Waals surface area contributed by atoms with E-state index in [9.17, 15) is 0 Å². The van der Waals surface area contributed by atoms with Gasteiger partial charge in [-0.3, -0.25) is 4.99 Å². The fraction of sp³-hybridized carbons (Fsp3) is 0.571. The number of hydrogen-bond acceptors (Lipinski definition) is 6. The smallest absolute Gasteiger partial charge is 0.225 e. The van der Waals surface area contributed by atoms with Gasteiger partial charge in [-0.2, -0.15) is 0 Å². The van der Waals surface area contributed by atoms with Crippen molar-refractivity contribution < 1.29 is 9.15 Å². The van der Waals surface area contributed by atoms with E-state index in [4.69, 9.17) is 14.1 Å². The Hall–Kier alpha value is -2.61. The molecular formula is C21H30N6O2. The summed E-state index contributed by atoms with van der Waals surface area (Å²) in [5, 5.41) is 7.07. The summed E-state index contributed by atoms with van der Waals surface area (Å²) in [6.07, 6.45) is 10.7. The lowest BCUT2D eigenvalue weighted by atomic mass is 10.1. The van der Waals surface area contributed by atoms with Crippen molar-refractivity contribution in [1.82, 2.24) is 20.6 Å². The molecule has 0 spiro atoms. The Morgan fingerprint density at radius 3 is 2.76 bits per heavy atom.